The van der Waals surface area contributed by atoms with E-state index in [4.69, 9.17) is 4.74 Å². The average molecular weight is 319 g/mol. The molecule has 1 heterocycles. The number of nitrogens with one attached hydrogen (secondary N) is 1. The highest BCUT2D eigenvalue weighted by Crippen LogP contribution is 2.31. The van der Waals surface area contributed by atoms with E-state index in [1.807, 2.05) is 44.2 Å². The quantitative estimate of drug-likeness (QED) is 0.827. The fourth-order valence-electron chi connectivity index (χ4n) is 1.86. The summed E-state index contributed by atoms with van der Waals surface area (Å²) in [6.45, 7) is 5.59. The van der Waals surface area contributed by atoms with Gasteiger partial charge in [-0.15, -0.1) is 0 Å². The molecule has 2 aromatic rings. The van der Waals surface area contributed by atoms with Crippen molar-refractivity contribution in [2.24, 2.45) is 0 Å². The fourth-order valence-corrected chi connectivity index (χ4v) is 2.82. The van der Waals surface area contributed by atoms with Crippen LogP contribution in [0.2, 0.25) is 0 Å². The lowest BCUT2D eigenvalue weighted by molar-refractivity contribution is 0.128. The van der Waals surface area contributed by atoms with Crippen molar-refractivity contribution in [3.63, 3.8) is 0 Å². The highest BCUT2D eigenvalue weighted by atomic mass is 32.1. The number of aromatic nitrogens is 1. The number of thiazole rings is 1. The third-order valence-corrected chi connectivity index (χ3v) is 4.28. The van der Waals surface area contributed by atoms with Crippen molar-refractivity contribution in [1.82, 2.24) is 9.88 Å². The number of hydrogen-bond donors (Lipinski definition) is 1. The number of carbonyl (C=O) groups excluding carboxylic acids is 1. The maximum Gasteiger partial charge on any atom is 0.322 e. The topological polar surface area (TPSA) is 54.5 Å². The van der Waals surface area contributed by atoms with E-state index in [9.17, 15) is 4.79 Å². The number of aryl methyl sites for hydroxylation is 1. The zero-order valence-electron chi connectivity index (χ0n) is 13.1. The van der Waals surface area contributed by atoms with Crippen molar-refractivity contribution in [3.8, 4) is 10.6 Å². The Morgan fingerprint density at radius 3 is 2.77 bits per heavy atom. The van der Waals surface area contributed by atoms with Crippen LogP contribution in [0.1, 0.15) is 12.6 Å². The summed E-state index contributed by atoms with van der Waals surface area (Å²) in [6, 6.07) is 9.81. The van der Waals surface area contributed by atoms with E-state index in [2.05, 4.69) is 10.3 Å². The van der Waals surface area contributed by atoms with E-state index in [1.165, 1.54) is 11.3 Å². The molecule has 0 spiro atoms. The number of hydrogen-bond acceptors (Lipinski definition) is 4. The van der Waals surface area contributed by atoms with Gasteiger partial charge in [-0.2, -0.15) is 0 Å². The summed E-state index contributed by atoms with van der Waals surface area (Å²) in [4.78, 5) is 18.3. The Bertz CT molecular complexity index is 613. The number of benzene rings is 1. The lowest BCUT2D eigenvalue weighted by atomic mass is 10.2. The highest BCUT2D eigenvalue weighted by molar-refractivity contribution is 7.19. The summed E-state index contributed by atoms with van der Waals surface area (Å²) < 4.78 is 5.26. The van der Waals surface area contributed by atoms with Gasteiger partial charge in [0, 0.05) is 25.8 Å². The van der Waals surface area contributed by atoms with E-state index >= 15 is 0 Å². The van der Waals surface area contributed by atoms with E-state index in [0.29, 0.717) is 19.8 Å². The number of urea groups is 1. The summed E-state index contributed by atoms with van der Waals surface area (Å²) >= 11 is 1.49. The molecule has 6 heteroatoms. The zero-order valence-corrected chi connectivity index (χ0v) is 13.9. The number of likely N-dealkylation sites (N-methyl/N-ethyl adjacent to an activating group) is 1. The third kappa shape index (κ3) is 4.29. The SMILES string of the molecule is CCOCCN(C)C(=O)Nc1sc(-c2ccccc2)nc1C. The first-order valence-corrected chi connectivity index (χ1v) is 8.06. The van der Waals surface area contributed by atoms with Crippen LogP contribution < -0.4 is 5.32 Å². The van der Waals surface area contributed by atoms with Gasteiger partial charge >= 0.3 is 6.03 Å². The van der Waals surface area contributed by atoms with Crippen LogP contribution >= 0.6 is 11.3 Å². The van der Waals surface area contributed by atoms with E-state index in [-0.39, 0.29) is 6.03 Å². The Balaban J connectivity index is 2.01. The minimum absolute atomic E-state index is 0.147. The van der Waals surface area contributed by atoms with Crippen LogP contribution in [0.3, 0.4) is 0 Å². The number of rotatable bonds is 6. The molecule has 1 N–H and O–H groups in total. The van der Waals surface area contributed by atoms with E-state index < -0.39 is 0 Å². The van der Waals surface area contributed by atoms with Gasteiger partial charge < -0.3 is 9.64 Å². The van der Waals surface area contributed by atoms with Crippen LogP contribution in [0.15, 0.2) is 30.3 Å². The summed E-state index contributed by atoms with van der Waals surface area (Å²) in [5.41, 5.74) is 1.89. The van der Waals surface area contributed by atoms with E-state index in [0.717, 1.165) is 21.3 Å². The van der Waals surface area contributed by atoms with Crippen molar-refractivity contribution in [2.45, 2.75) is 13.8 Å². The molecule has 118 valence electrons. The second-order valence-electron chi connectivity index (χ2n) is 4.85. The van der Waals surface area contributed by atoms with Crippen molar-refractivity contribution in [3.05, 3.63) is 36.0 Å². The Kier molecular flexibility index (Phi) is 5.91. The molecule has 0 aliphatic heterocycles. The molecular formula is C16H21N3O2S. The average Bonchev–Trinajstić information content (AvgIpc) is 2.89. The van der Waals surface area contributed by atoms with Crippen LogP contribution in [0.25, 0.3) is 10.6 Å². The van der Waals surface area contributed by atoms with Gasteiger partial charge in [-0.25, -0.2) is 9.78 Å². The largest absolute Gasteiger partial charge is 0.380 e. The summed E-state index contributed by atoms with van der Waals surface area (Å²) in [5.74, 6) is 0. The van der Waals surface area contributed by atoms with Gasteiger partial charge in [-0.3, -0.25) is 5.32 Å². The predicted molar refractivity (Wildman–Crippen MR) is 90.4 cm³/mol. The second-order valence-corrected chi connectivity index (χ2v) is 5.85. The molecule has 0 aliphatic rings. The molecule has 0 atom stereocenters. The Morgan fingerprint density at radius 2 is 2.09 bits per heavy atom. The summed E-state index contributed by atoms with van der Waals surface area (Å²) in [6.07, 6.45) is 0. The van der Waals surface area contributed by atoms with Crippen LogP contribution in [0, 0.1) is 6.92 Å². The molecule has 1 aromatic heterocycles. The number of nitrogens with zero attached hydrogens (tertiary/aromatic N) is 2. The van der Waals surface area contributed by atoms with Crippen molar-refractivity contribution in [1.29, 1.82) is 0 Å². The third-order valence-electron chi connectivity index (χ3n) is 3.16. The molecule has 0 unspecified atom stereocenters. The molecule has 0 saturated carbocycles. The first kappa shape index (κ1) is 16.5. The first-order valence-electron chi connectivity index (χ1n) is 7.24. The van der Waals surface area contributed by atoms with Crippen LogP contribution in [-0.4, -0.2) is 42.7 Å². The minimum Gasteiger partial charge on any atom is -0.380 e. The molecule has 0 bridgehead atoms. The second kappa shape index (κ2) is 7.91. The molecule has 0 aliphatic carbocycles. The van der Waals surface area contributed by atoms with Gasteiger partial charge in [-0.05, 0) is 13.8 Å². The molecule has 2 rings (SSSR count). The normalized spacial score (nSPS) is 10.5. The number of amides is 2. The lowest BCUT2D eigenvalue weighted by Crippen LogP contribution is -2.33. The predicted octanol–water partition coefficient (Wildman–Crippen LogP) is 3.62. The standard InChI is InChI=1S/C16H21N3O2S/c1-4-21-11-10-19(3)16(20)18-14-12(2)17-15(22-14)13-8-6-5-7-9-13/h5-9H,4,10-11H2,1-3H3,(H,18,20). The van der Waals surface area contributed by atoms with Crippen molar-refractivity contribution < 1.29 is 9.53 Å². The Morgan fingerprint density at radius 1 is 1.36 bits per heavy atom. The summed E-state index contributed by atoms with van der Waals surface area (Å²) in [7, 11) is 1.75. The molecule has 1 aromatic carbocycles. The maximum absolute atomic E-state index is 12.1. The molecule has 0 fully saturated rings. The van der Waals surface area contributed by atoms with E-state index in [1.54, 1.807) is 11.9 Å². The molecule has 5 nitrogen and oxygen atoms in total. The van der Waals surface area contributed by atoms with Crippen LogP contribution in [0.4, 0.5) is 9.80 Å². The fraction of sp³-hybridized carbons (Fsp3) is 0.375. The number of carbonyl (C=O) groups is 1. The van der Waals surface area contributed by atoms with Crippen LogP contribution in [-0.2, 0) is 4.74 Å². The maximum atomic E-state index is 12.1. The van der Waals surface area contributed by atoms with Gasteiger partial charge in [0.25, 0.3) is 0 Å². The molecule has 22 heavy (non-hydrogen) atoms. The highest BCUT2D eigenvalue weighted by Gasteiger charge is 2.14. The molecule has 0 radical (unpaired) electrons. The van der Waals surface area contributed by atoms with Crippen LogP contribution in [0.5, 0.6) is 0 Å². The molecular weight excluding hydrogens is 298 g/mol. The molecule has 2 amide bonds. The van der Waals surface area contributed by atoms with Gasteiger partial charge in [-0.1, -0.05) is 41.7 Å². The number of anilines is 1. The molecule has 0 saturated heterocycles. The van der Waals surface area contributed by atoms with Gasteiger partial charge in [0.05, 0.1) is 12.3 Å². The monoisotopic (exact) mass is 319 g/mol. The minimum atomic E-state index is -0.147. The lowest BCUT2D eigenvalue weighted by Gasteiger charge is -2.17. The zero-order chi connectivity index (χ0) is 15.9. The van der Waals surface area contributed by atoms with Gasteiger partial charge in [0.2, 0.25) is 0 Å². The van der Waals surface area contributed by atoms with Crippen molar-refractivity contribution >= 4 is 22.4 Å². The first-order chi connectivity index (χ1) is 10.6. The summed E-state index contributed by atoms with van der Waals surface area (Å²) in [5, 5.41) is 4.61. The Labute approximate surface area is 134 Å². The van der Waals surface area contributed by atoms with Gasteiger partial charge in [0.1, 0.15) is 10.0 Å². The van der Waals surface area contributed by atoms with Gasteiger partial charge in [0.15, 0.2) is 0 Å². The smallest absolute Gasteiger partial charge is 0.322 e. The Hall–Kier alpha value is -1.92. The number of ether oxygens (including phenoxy) is 1. The van der Waals surface area contributed by atoms with Crippen molar-refractivity contribution in [2.75, 3.05) is 32.1 Å².